The molecular formula is C16H24N2O2S. The van der Waals surface area contributed by atoms with E-state index in [0.717, 1.165) is 37.4 Å². The van der Waals surface area contributed by atoms with Crippen LogP contribution in [-0.2, 0) is 4.74 Å². The van der Waals surface area contributed by atoms with Crippen molar-refractivity contribution in [2.45, 2.75) is 32.4 Å². The van der Waals surface area contributed by atoms with Crippen molar-refractivity contribution in [3.63, 3.8) is 0 Å². The summed E-state index contributed by atoms with van der Waals surface area (Å²) in [6, 6.07) is 8.12. The normalized spacial score (nSPS) is 23.0. The second-order valence-corrected chi connectivity index (χ2v) is 5.88. The first kappa shape index (κ1) is 16.2. The van der Waals surface area contributed by atoms with Crippen molar-refractivity contribution in [1.29, 1.82) is 0 Å². The lowest BCUT2D eigenvalue weighted by Gasteiger charge is -2.38. The maximum atomic E-state index is 5.83. The Hall–Kier alpha value is -1.17. The smallest absolute Gasteiger partial charge is 0.120 e. The predicted octanol–water partition coefficient (Wildman–Crippen LogP) is 2.20. The zero-order valence-corrected chi connectivity index (χ0v) is 13.6. The molecule has 0 saturated carbocycles. The standard InChI is InChI=1S/C16H24N2O2S/c1-3-14-11-20-12(2)10-18(14)7-8-19-15-6-4-5-13(9-15)16(17)21/h4-6,9,12,14H,3,7-8,10-11H2,1-2H3,(H2,17,21). The number of thiocarbonyl (C=S) groups is 1. The van der Waals surface area contributed by atoms with E-state index in [9.17, 15) is 0 Å². The highest BCUT2D eigenvalue weighted by atomic mass is 32.1. The molecule has 4 nitrogen and oxygen atoms in total. The zero-order chi connectivity index (χ0) is 15.2. The Balaban J connectivity index is 1.85. The average molecular weight is 308 g/mol. The third-order valence-electron chi connectivity index (χ3n) is 3.82. The van der Waals surface area contributed by atoms with E-state index in [1.165, 1.54) is 0 Å². The molecule has 1 fully saturated rings. The quantitative estimate of drug-likeness (QED) is 0.816. The minimum atomic E-state index is 0.297. The highest BCUT2D eigenvalue weighted by molar-refractivity contribution is 7.80. The van der Waals surface area contributed by atoms with Crippen LogP contribution < -0.4 is 10.5 Å². The lowest BCUT2D eigenvalue weighted by molar-refractivity contribution is -0.0586. The van der Waals surface area contributed by atoms with Gasteiger partial charge in [-0.05, 0) is 25.5 Å². The maximum Gasteiger partial charge on any atom is 0.120 e. The first-order chi connectivity index (χ1) is 10.1. The Bertz CT molecular complexity index is 481. The summed E-state index contributed by atoms with van der Waals surface area (Å²) < 4.78 is 11.5. The minimum Gasteiger partial charge on any atom is -0.492 e. The predicted molar refractivity (Wildman–Crippen MR) is 88.9 cm³/mol. The highest BCUT2D eigenvalue weighted by Crippen LogP contribution is 2.16. The summed E-state index contributed by atoms with van der Waals surface area (Å²) in [6.45, 7) is 7.66. The molecular weight excluding hydrogens is 284 g/mol. The van der Waals surface area contributed by atoms with Gasteiger partial charge in [-0.3, -0.25) is 4.90 Å². The van der Waals surface area contributed by atoms with Crippen LogP contribution >= 0.6 is 12.2 Å². The molecule has 2 rings (SSSR count). The molecule has 2 unspecified atom stereocenters. The van der Waals surface area contributed by atoms with Gasteiger partial charge in [0.25, 0.3) is 0 Å². The Morgan fingerprint density at radius 1 is 1.52 bits per heavy atom. The largest absolute Gasteiger partial charge is 0.492 e. The summed E-state index contributed by atoms with van der Waals surface area (Å²) >= 11 is 4.98. The molecule has 0 aliphatic carbocycles. The molecule has 0 bridgehead atoms. The summed E-state index contributed by atoms with van der Waals surface area (Å²) in [6.07, 6.45) is 1.40. The van der Waals surface area contributed by atoms with Gasteiger partial charge in [0, 0.05) is 24.7 Å². The molecule has 5 heteroatoms. The summed E-state index contributed by atoms with van der Waals surface area (Å²) in [5.41, 5.74) is 6.48. The molecule has 1 saturated heterocycles. The fraction of sp³-hybridized carbons (Fsp3) is 0.562. The van der Waals surface area contributed by atoms with Gasteiger partial charge in [-0.1, -0.05) is 31.3 Å². The van der Waals surface area contributed by atoms with E-state index in [1.807, 2.05) is 24.3 Å². The first-order valence-electron chi connectivity index (χ1n) is 7.48. The number of hydrogen-bond acceptors (Lipinski definition) is 4. The van der Waals surface area contributed by atoms with Gasteiger partial charge in [-0.2, -0.15) is 0 Å². The number of hydrogen-bond donors (Lipinski definition) is 1. The molecule has 0 aromatic heterocycles. The van der Waals surface area contributed by atoms with E-state index >= 15 is 0 Å². The topological polar surface area (TPSA) is 47.7 Å². The van der Waals surface area contributed by atoms with E-state index < -0.39 is 0 Å². The van der Waals surface area contributed by atoms with Crippen molar-refractivity contribution in [2.75, 3.05) is 26.3 Å². The Kier molecular flexibility index (Phi) is 5.96. The number of morpholine rings is 1. The fourth-order valence-corrected chi connectivity index (χ4v) is 2.71. The molecule has 2 atom stereocenters. The zero-order valence-electron chi connectivity index (χ0n) is 12.7. The summed E-state index contributed by atoms with van der Waals surface area (Å²) in [7, 11) is 0. The molecule has 116 valence electrons. The molecule has 0 radical (unpaired) electrons. The molecule has 1 aliphatic rings. The Morgan fingerprint density at radius 3 is 3.05 bits per heavy atom. The van der Waals surface area contributed by atoms with Crippen LogP contribution in [-0.4, -0.2) is 48.3 Å². The van der Waals surface area contributed by atoms with Gasteiger partial charge >= 0.3 is 0 Å². The Labute approximate surface area is 132 Å². The van der Waals surface area contributed by atoms with Gasteiger partial charge in [0.2, 0.25) is 0 Å². The van der Waals surface area contributed by atoms with Crippen LogP contribution in [0.4, 0.5) is 0 Å². The number of nitrogens with zero attached hydrogens (tertiary/aromatic N) is 1. The first-order valence-corrected chi connectivity index (χ1v) is 7.89. The second kappa shape index (κ2) is 7.73. The fourth-order valence-electron chi connectivity index (χ4n) is 2.58. The second-order valence-electron chi connectivity index (χ2n) is 5.44. The summed E-state index contributed by atoms with van der Waals surface area (Å²) in [4.78, 5) is 2.85. The van der Waals surface area contributed by atoms with Gasteiger partial charge in [0.05, 0.1) is 12.7 Å². The molecule has 21 heavy (non-hydrogen) atoms. The monoisotopic (exact) mass is 308 g/mol. The SMILES string of the molecule is CCC1COC(C)CN1CCOc1cccc(C(N)=S)c1. The lowest BCUT2D eigenvalue weighted by atomic mass is 10.1. The van der Waals surface area contributed by atoms with Crippen LogP contribution in [0.5, 0.6) is 5.75 Å². The minimum absolute atomic E-state index is 0.297. The number of rotatable bonds is 6. The Morgan fingerprint density at radius 2 is 2.33 bits per heavy atom. The molecule has 0 amide bonds. The number of ether oxygens (including phenoxy) is 2. The van der Waals surface area contributed by atoms with Crippen LogP contribution in [0, 0.1) is 0 Å². The van der Waals surface area contributed by atoms with Crippen LogP contribution in [0.1, 0.15) is 25.8 Å². The van der Waals surface area contributed by atoms with Crippen molar-refractivity contribution in [1.82, 2.24) is 4.90 Å². The molecule has 1 aromatic carbocycles. The van der Waals surface area contributed by atoms with Crippen molar-refractivity contribution < 1.29 is 9.47 Å². The van der Waals surface area contributed by atoms with Gasteiger partial charge in [0.15, 0.2) is 0 Å². The van der Waals surface area contributed by atoms with E-state index in [-0.39, 0.29) is 0 Å². The maximum absolute atomic E-state index is 5.83. The lowest BCUT2D eigenvalue weighted by Crippen LogP contribution is -2.49. The van der Waals surface area contributed by atoms with Crippen LogP contribution in [0.2, 0.25) is 0 Å². The van der Waals surface area contributed by atoms with Crippen molar-refractivity contribution in [3.8, 4) is 5.75 Å². The van der Waals surface area contributed by atoms with Crippen molar-refractivity contribution >= 4 is 17.2 Å². The van der Waals surface area contributed by atoms with Crippen LogP contribution in [0.15, 0.2) is 24.3 Å². The van der Waals surface area contributed by atoms with Gasteiger partial charge in [-0.25, -0.2) is 0 Å². The molecule has 0 spiro atoms. The molecule has 1 aromatic rings. The molecule has 1 aliphatic heterocycles. The summed E-state index contributed by atoms with van der Waals surface area (Å²) in [5, 5.41) is 0. The van der Waals surface area contributed by atoms with Gasteiger partial charge in [0.1, 0.15) is 17.3 Å². The van der Waals surface area contributed by atoms with Crippen LogP contribution in [0.3, 0.4) is 0 Å². The summed E-state index contributed by atoms with van der Waals surface area (Å²) in [5.74, 6) is 0.814. The van der Waals surface area contributed by atoms with Gasteiger partial charge in [-0.15, -0.1) is 0 Å². The van der Waals surface area contributed by atoms with E-state index in [2.05, 4.69) is 18.7 Å². The van der Waals surface area contributed by atoms with Crippen molar-refractivity contribution in [3.05, 3.63) is 29.8 Å². The molecule has 1 heterocycles. The van der Waals surface area contributed by atoms with E-state index in [0.29, 0.717) is 23.7 Å². The van der Waals surface area contributed by atoms with E-state index in [1.54, 1.807) is 0 Å². The average Bonchev–Trinajstić information content (AvgIpc) is 2.48. The highest BCUT2D eigenvalue weighted by Gasteiger charge is 2.25. The molecule has 2 N–H and O–H groups in total. The van der Waals surface area contributed by atoms with Gasteiger partial charge < -0.3 is 15.2 Å². The van der Waals surface area contributed by atoms with E-state index in [4.69, 9.17) is 27.4 Å². The van der Waals surface area contributed by atoms with Crippen LogP contribution in [0.25, 0.3) is 0 Å². The number of benzene rings is 1. The number of nitrogens with two attached hydrogens (primary N) is 1. The van der Waals surface area contributed by atoms with Crippen molar-refractivity contribution in [2.24, 2.45) is 5.73 Å². The third-order valence-corrected chi connectivity index (χ3v) is 4.05. The third kappa shape index (κ3) is 4.66.